The van der Waals surface area contributed by atoms with Crippen LogP contribution < -0.4 is 5.32 Å². The highest BCUT2D eigenvalue weighted by molar-refractivity contribution is 5.74. The fourth-order valence-corrected chi connectivity index (χ4v) is 3.77. The maximum atomic E-state index is 12.4. The van der Waals surface area contributed by atoms with Crippen LogP contribution in [0.25, 0.3) is 0 Å². The molecule has 25 heavy (non-hydrogen) atoms. The van der Waals surface area contributed by atoms with E-state index in [1.807, 2.05) is 23.1 Å². The summed E-state index contributed by atoms with van der Waals surface area (Å²) in [6.45, 7) is 7.47. The van der Waals surface area contributed by atoms with E-state index in [4.69, 9.17) is 4.74 Å². The Bertz CT molecular complexity index is 517. The molecule has 2 amide bonds. The second kappa shape index (κ2) is 9.78. The van der Waals surface area contributed by atoms with Gasteiger partial charge in [-0.1, -0.05) is 30.3 Å². The molecule has 1 N–H and O–H groups in total. The van der Waals surface area contributed by atoms with Crippen molar-refractivity contribution in [3.63, 3.8) is 0 Å². The second-order valence-electron chi connectivity index (χ2n) is 7.16. The summed E-state index contributed by atoms with van der Waals surface area (Å²) >= 11 is 0. The number of morpholine rings is 1. The molecule has 0 spiro atoms. The van der Waals surface area contributed by atoms with Crippen LogP contribution in [-0.4, -0.2) is 68.3 Å². The van der Waals surface area contributed by atoms with Gasteiger partial charge < -0.3 is 15.0 Å². The average molecular weight is 345 g/mol. The van der Waals surface area contributed by atoms with E-state index >= 15 is 0 Å². The summed E-state index contributed by atoms with van der Waals surface area (Å²) in [5.74, 6) is 0.709. The lowest BCUT2D eigenvalue weighted by Crippen LogP contribution is -2.42. The van der Waals surface area contributed by atoms with E-state index in [0.29, 0.717) is 12.5 Å². The minimum Gasteiger partial charge on any atom is -0.379 e. The predicted octanol–water partition coefficient (Wildman–Crippen LogP) is 2.37. The van der Waals surface area contributed by atoms with Gasteiger partial charge in [0.05, 0.1) is 13.2 Å². The quantitative estimate of drug-likeness (QED) is 0.891. The third kappa shape index (κ3) is 6.01. The minimum atomic E-state index is 0.1000. The monoisotopic (exact) mass is 345 g/mol. The molecule has 0 saturated carbocycles. The topological polar surface area (TPSA) is 44.8 Å². The van der Waals surface area contributed by atoms with Crippen LogP contribution in [0.4, 0.5) is 4.79 Å². The van der Waals surface area contributed by atoms with Crippen LogP contribution in [0.1, 0.15) is 24.8 Å². The summed E-state index contributed by atoms with van der Waals surface area (Å²) in [5, 5.41) is 3.08. The van der Waals surface area contributed by atoms with Crippen molar-refractivity contribution in [2.45, 2.75) is 25.7 Å². The third-order valence-corrected chi connectivity index (χ3v) is 5.29. The lowest BCUT2D eigenvalue weighted by Gasteiger charge is -2.30. The number of carbonyl (C=O) groups is 1. The number of urea groups is 1. The normalized spacial score (nSPS) is 22.4. The molecular weight excluding hydrogens is 314 g/mol. The van der Waals surface area contributed by atoms with Gasteiger partial charge in [0, 0.05) is 39.3 Å². The fourth-order valence-electron chi connectivity index (χ4n) is 3.77. The standard InChI is InChI=1S/C20H31N3O2/c24-20(21-10-8-18-5-2-1-3-6-18)23-11-4-7-19(9-12-23)17-22-13-15-25-16-14-22/h1-3,5-6,19H,4,7-17H2,(H,21,24). The minimum absolute atomic E-state index is 0.1000. The van der Waals surface area contributed by atoms with E-state index in [9.17, 15) is 4.79 Å². The van der Waals surface area contributed by atoms with Crippen LogP contribution >= 0.6 is 0 Å². The second-order valence-corrected chi connectivity index (χ2v) is 7.16. The first-order valence-electron chi connectivity index (χ1n) is 9.68. The lowest BCUT2D eigenvalue weighted by molar-refractivity contribution is 0.0296. The first-order valence-corrected chi connectivity index (χ1v) is 9.68. The molecule has 2 saturated heterocycles. The SMILES string of the molecule is O=C(NCCc1ccccc1)N1CCCC(CN2CCOCC2)CC1. The van der Waals surface area contributed by atoms with Gasteiger partial charge in [0.25, 0.3) is 0 Å². The van der Waals surface area contributed by atoms with E-state index in [1.54, 1.807) is 0 Å². The van der Waals surface area contributed by atoms with Gasteiger partial charge in [-0.15, -0.1) is 0 Å². The zero-order chi connectivity index (χ0) is 17.3. The van der Waals surface area contributed by atoms with Crippen molar-refractivity contribution in [1.82, 2.24) is 15.1 Å². The van der Waals surface area contributed by atoms with Crippen molar-refractivity contribution in [1.29, 1.82) is 0 Å². The highest BCUT2D eigenvalue weighted by Gasteiger charge is 2.22. The molecule has 138 valence electrons. The van der Waals surface area contributed by atoms with Crippen LogP contribution in [0.15, 0.2) is 30.3 Å². The predicted molar refractivity (Wildman–Crippen MR) is 99.7 cm³/mol. The number of hydrogen-bond donors (Lipinski definition) is 1. The van der Waals surface area contributed by atoms with Gasteiger partial charge in [-0.25, -0.2) is 4.79 Å². The summed E-state index contributed by atoms with van der Waals surface area (Å²) in [6.07, 6.45) is 4.34. The Kier molecular flexibility index (Phi) is 7.12. The molecule has 0 aliphatic carbocycles. The molecule has 5 heteroatoms. The average Bonchev–Trinajstić information content (AvgIpc) is 2.89. The molecule has 2 fully saturated rings. The Morgan fingerprint density at radius 3 is 2.68 bits per heavy atom. The molecule has 3 rings (SSSR count). The molecule has 1 aromatic rings. The zero-order valence-corrected chi connectivity index (χ0v) is 15.2. The van der Waals surface area contributed by atoms with Crippen molar-refractivity contribution in [3.05, 3.63) is 35.9 Å². The molecule has 5 nitrogen and oxygen atoms in total. The van der Waals surface area contributed by atoms with E-state index < -0.39 is 0 Å². The summed E-state index contributed by atoms with van der Waals surface area (Å²) in [5.41, 5.74) is 1.27. The van der Waals surface area contributed by atoms with Crippen molar-refractivity contribution < 1.29 is 9.53 Å². The summed E-state index contributed by atoms with van der Waals surface area (Å²) < 4.78 is 5.43. The maximum absolute atomic E-state index is 12.4. The molecule has 2 aliphatic heterocycles. The number of hydrogen-bond acceptors (Lipinski definition) is 3. The summed E-state index contributed by atoms with van der Waals surface area (Å²) in [6, 6.07) is 10.4. The molecule has 0 radical (unpaired) electrons. The highest BCUT2D eigenvalue weighted by Crippen LogP contribution is 2.19. The van der Waals surface area contributed by atoms with E-state index in [-0.39, 0.29) is 6.03 Å². The van der Waals surface area contributed by atoms with Gasteiger partial charge in [0.2, 0.25) is 0 Å². The van der Waals surface area contributed by atoms with E-state index in [2.05, 4.69) is 22.3 Å². The van der Waals surface area contributed by atoms with Gasteiger partial charge in [0.1, 0.15) is 0 Å². The molecule has 2 heterocycles. The van der Waals surface area contributed by atoms with Crippen LogP contribution in [-0.2, 0) is 11.2 Å². The van der Waals surface area contributed by atoms with Gasteiger partial charge in [-0.05, 0) is 37.2 Å². The molecule has 1 atom stereocenters. The van der Waals surface area contributed by atoms with Crippen LogP contribution in [0, 0.1) is 5.92 Å². The van der Waals surface area contributed by atoms with Crippen molar-refractivity contribution in [2.75, 3.05) is 52.5 Å². The van der Waals surface area contributed by atoms with Gasteiger partial charge in [0.15, 0.2) is 0 Å². The molecule has 0 bridgehead atoms. The molecule has 1 aromatic carbocycles. The zero-order valence-electron chi connectivity index (χ0n) is 15.2. The number of rotatable bonds is 5. The number of carbonyl (C=O) groups excluding carboxylic acids is 1. The number of ether oxygens (including phenoxy) is 1. The van der Waals surface area contributed by atoms with Crippen molar-refractivity contribution in [2.24, 2.45) is 5.92 Å². The Labute approximate surface area is 151 Å². The largest absolute Gasteiger partial charge is 0.379 e. The number of benzene rings is 1. The van der Waals surface area contributed by atoms with Gasteiger partial charge in [-0.3, -0.25) is 4.90 Å². The van der Waals surface area contributed by atoms with Crippen LogP contribution in [0.3, 0.4) is 0 Å². The molecule has 2 aliphatic rings. The Balaban J connectivity index is 1.37. The Morgan fingerprint density at radius 2 is 1.88 bits per heavy atom. The first kappa shape index (κ1) is 18.2. The van der Waals surface area contributed by atoms with Gasteiger partial charge in [-0.2, -0.15) is 0 Å². The van der Waals surface area contributed by atoms with E-state index in [1.165, 1.54) is 12.0 Å². The van der Waals surface area contributed by atoms with Gasteiger partial charge >= 0.3 is 6.03 Å². The number of amides is 2. The smallest absolute Gasteiger partial charge is 0.317 e. The number of likely N-dealkylation sites (tertiary alicyclic amines) is 1. The molecule has 1 unspecified atom stereocenters. The van der Waals surface area contributed by atoms with E-state index in [0.717, 1.165) is 65.2 Å². The number of nitrogens with zero attached hydrogens (tertiary/aromatic N) is 2. The fraction of sp³-hybridized carbons (Fsp3) is 0.650. The molecule has 0 aromatic heterocycles. The highest BCUT2D eigenvalue weighted by atomic mass is 16.5. The maximum Gasteiger partial charge on any atom is 0.317 e. The van der Waals surface area contributed by atoms with Crippen molar-refractivity contribution in [3.8, 4) is 0 Å². The third-order valence-electron chi connectivity index (χ3n) is 5.29. The first-order chi connectivity index (χ1) is 12.3. The molecular formula is C20H31N3O2. The van der Waals surface area contributed by atoms with Crippen LogP contribution in [0.2, 0.25) is 0 Å². The number of nitrogens with one attached hydrogen (secondary N) is 1. The van der Waals surface area contributed by atoms with Crippen molar-refractivity contribution >= 4 is 6.03 Å². The summed E-state index contributed by atoms with van der Waals surface area (Å²) in [7, 11) is 0. The van der Waals surface area contributed by atoms with Crippen LogP contribution in [0.5, 0.6) is 0 Å². The Morgan fingerprint density at radius 1 is 1.08 bits per heavy atom. The lowest BCUT2D eigenvalue weighted by atomic mass is 10.00. The summed E-state index contributed by atoms with van der Waals surface area (Å²) in [4.78, 5) is 16.9. The Hall–Kier alpha value is -1.59.